The van der Waals surface area contributed by atoms with E-state index in [1.165, 1.54) is 25.6 Å². The van der Waals surface area contributed by atoms with Crippen LogP contribution in [-0.2, 0) is 6.42 Å². The van der Waals surface area contributed by atoms with Gasteiger partial charge in [-0.3, -0.25) is 10.1 Å². The number of ether oxygens (including phenoxy) is 2. The van der Waals surface area contributed by atoms with Crippen LogP contribution in [0, 0.1) is 0 Å². The van der Waals surface area contributed by atoms with Crippen molar-refractivity contribution in [3.05, 3.63) is 34.8 Å². The number of aromatic nitrogens is 1. The van der Waals surface area contributed by atoms with Crippen molar-refractivity contribution in [1.82, 2.24) is 4.98 Å². The Morgan fingerprint density at radius 3 is 2.50 bits per heavy atom. The van der Waals surface area contributed by atoms with Gasteiger partial charge in [0.05, 0.1) is 19.9 Å². The lowest BCUT2D eigenvalue weighted by Gasteiger charge is -2.08. The quantitative estimate of drug-likeness (QED) is 0.852. The van der Waals surface area contributed by atoms with E-state index in [0.717, 1.165) is 5.69 Å². The van der Waals surface area contributed by atoms with Crippen molar-refractivity contribution < 1.29 is 14.3 Å². The SMILES string of the molecule is COc1cc(OC)cc(C(=O)Nc2nc(CC(C)N)cs2)c1. The zero-order valence-electron chi connectivity index (χ0n) is 12.8. The zero-order valence-corrected chi connectivity index (χ0v) is 13.6. The van der Waals surface area contributed by atoms with E-state index in [1.54, 1.807) is 18.2 Å². The van der Waals surface area contributed by atoms with Gasteiger partial charge in [-0.15, -0.1) is 11.3 Å². The molecule has 1 atom stereocenters. The topological polar surface area (TPSA) is 86.5 Å². The number of hydrogen-bond acceptors (Lipinski definition) is 6. The Morgan fingerprint density at radius 2 is 1.95 bits per heavy atom. The summed E-state index contributed by atoms with van der Waals surface area (Å²) in [7, 11) is 3.08. The van der Waals surface area contributed by atoms with Crippen LogP contribution in [0.2, 0.25) is 0 Å². The third-order valence-corrected chi connectivity index (χ3v) is 3.72. The van der Waals surface area contributed by atoms with Crippen LogP contribution >= 0.6 is 11.3 Å². The predicted octanol–water partition coefficient (Wildman–Crippen LogP) is 2.30. The van der Waals surface area contributed by atoms with Gasteiger partial charge < -0.3 is 15.2 Å². The number of methoxy groups -OCH3 is 2. The highest BCUT2D eigenvalue weighted by molar-refractivity contribution is 7.14. The maximum Gasteiger partial charge on any atom is 0.257 e. The normalized spacial score (nSPS) is 11.8. The van der Waals surface area contributed by atoms with Gasteiger partial charge in [0.2, 0.25) is 0 Å². The molecule has 7 heteroatoms. The molecule has 0 radical (unpaired) electrons. The van der Waals surface area contributed by atoms with Gasteiger partial charge >= 0.3 is 0 Å². The number of amides is 1. The highest BCUT2D eigenvalue weighted by Crippen LogP contribution is 2.24. The first-order valence-electron chi connectivity index (χ1n) is 6.76. The Kier molecular flexibility index (Phi) is 5.35. The summed E-state index contributed by atoms with van der Waals surface area (Å²) in [5, 5.41) is 5.21. The Labute approximate surface area is 133 Å². The van der Waals surface area contributed by atoms with Gasteiger partial charge in [-0.25, -0.2) is 4.98 Å². The summed E-state index contributed by atoms with van der Waals surface area (Å²) in [5.74, 6) is 0.849. The minimum absolute atomic E-state index is 0.0355. The van der Waals surface area contributed by atoms with Crippen LogP contribution in [0.3, 0.4) is 0 Å². The number of rotatable bonds is 6. The van der Waals surface area contributed by atoms with Crippen LogP contribution in [0.5, 0.6) is 11.5 Å². The monoisotopic (exact) mass is 321 g/mol. The van der Waals surface area contributed by atoms with Gasteiger partial charge in [-0.1, -0.05) is 0 Å². The van der Waals surface area contributed by atoms with Gasteiger partial charge in [0, 0.05) is 29.5 Å². The molecule has 1 amide bonds. The zero-order chi connectivity index (χ0) is 16.1. The third kappa shape index (κ3) is 4.19. The molecule has 118 valence electrons. The molecule has 2 aromatic rings. The molecule has 1 aromatic heterocycles. The fourth-order valence-corrected chi connectivity index (χ4v) is 2.61. The van der Waals surface area contributed by atoms with E-state index in [0.29, 0.717) is 28.6 Å². The van der Waals surface area contributed by atoms with E-state index >= 15 is 0 Å². The van der Waals surface area contributed by atoms with Crippen molar-refractivity contribution in [1.29, 1.82) is 0 Å². The molecule has 0 saturated heterocycles. The number of carbonyl (C=O) groups excluding carboxylic acids is 1. The Morgan fingerprint density at radius 1 is 1.32 bits per heavy atom. The molecular formula is C15H19N3O3S. The van der Waals surface area contributed by atoms with E-state index in [4.69, 9.17) is 15.2 Å². The molecule has 2 rings (SSSR count). The van der Waals surface area contributed by atoms with E-state index in [1.807, 2.05) is 12.3 Å². The molecule has 6 nitrogen and oxygen atoms in total. The maximum atomic E-state index is 12.3. The van der Waals surface area contributed by atoms with Crippen LogP contribution in [-0.4, -0.2) is 31.2 Å². The van der Waals surface area contributed by atoms with Crippen LogP contribution in [0.25, 0.3) is 0 Å². The minimum atomic E-state index is -0.265. The van der Waals surface area contributed by atoms with Crippen molar-refractivity contribution in [2.75, 3.05) is 19.5 Å². The average Bonchev–Trinajstić information content (AvgIpc) is 2.92. The molecule has 0 fully saturated rings. The van der Waals surface area contributed by atoms with Crippen molar-refractivity contribution in [3.8, 4) is 11.5 Å². The van der Waals surface area contributed by atoms with E-state index < -0.39 is 0 Å². The number of nitrogens with zero attached hydrogens (tertiary/aromatic N) is 1. The number of hydrogen-bond donors (Lipinski definition) is 2. The minimum Gasteiger partial charge on any atom is -0.497 e. The first-order valence-corrected chi connectivity index (χ1v) is 7.64. The summed E-state index contributed by atoms with van der Waals surface area (Å²) >= 11 is 1.37. The molecular weight excluding hydrogens is 302 g/mol. The molecule has 1 aromatic carbocycles. The molecule has 0 aliphatic heterocycles. The first kappa shape index (κ1) is 16.3. The summed E-state index contributed by atoms with van der Waals surface area (Å²) in [4.78, 5) is 16.6. The van der Waals surface area contributed by atoms with Gasteiger partial charge in [-0.2, -0.15) is 0 Å². The van der Waals surface area contributed by atoms with Crippen LogP contribution < -0.4 is 20.5 Å². The second-order valence-electron chi connectivity index (χ2n) is 4.88. The van der Waals surface area contributed by atoms with Crippen molar-refractivity contribution >= 4 is 22.4 Å². The molecule has 1 heterocycles. The van der Waals surface area contributed by atoms with Gasteiger partial charge in [-0.05, 0) is 19.1 Å². The lowest BCUT2D eigenvalue weighted by Crippen LogP contribution is -2.18. The Hall–Kier alpha value is -2.12. The Balaban J connectivity index is 2.13. The van der Waals surface area contributed by atoms with E-state index in [-0.39, 0.29) is 11.9 Å². The van der Waals surface area contributed by atoms with Crippen molar-refractivity contribution in [3.63, 3.8) is 0 Å². The van der Waals surface area contributed by atoms with Crippen LogP contribution in [0.1, 0.15) is 23.0 Å². The number of thiazole rings is 1. The number of carbonyl (C=O) groups is 1. The van der Waals surface area contributed by atoms with Crippen LogP contribution in [0.4, 0.5) is 5.13 Å². The summed E-state index contributed by atoms with van der Waals surface area (Å²) in [6, 6.07) is 5.04. The molecule has 0 spiro atoms. The maximum absolute atomic E-state index is 12.3. The average molecular weight is 321 g/mol. The lowest BCUT2D eigenvalue weighted by molar-refractivity contribution is 0.102. The molecule has 3 N–H and O–H groups in total. The molecule has 0 saturated carbocycles. The first-order chi connectivity index (χ1) is 10.5. The molecule has 0 aliphatic rings. The van der Waals surface area contributed by atoms with Gasteiger partial charge in [0.15, 0.2) is 5.13 Å². The van der Waals surface area contributed by atoms with Crippen molar-refractivity contribution in [2.24, 2.45) is 5.73 Å². The summed E-state index contributed by atoms with van der Waals surface area (Å²) in [5.41, 5.74) is 7.06. The number of nitrogens with one attached hydrogen (secondary N) is 1. The lowest BCUT2D eigenvalue weighted by atomic mass is 10.2. The standard InChI is InChI=1S/C15H19N3O3S/c1-9(16)4-11-8-22-15(17-11)18-14(19)10-5-12(20-2)7-13(6-10)21-3/h5-9H,4,16H2,1-3H3,(H,17,18,19). The summed E-state index contributed by atoms with van der Waals surface area (Å²) < 4.78 is 10.3. The van der Waals surface area contributed by atoms with Crippen molar-refractivity contribution in [2.45, 2.75) is 19.4 Å². The molecule has 0 bridgehead atoms. The molecule has 22 heavy (non-hydrogen) atoms. The number of nitrogens with two attached hydrogens (primary N) is 1. The summed E-state index contributed by atoms with van der Waals surface area (Å²) in [6.45, 7) is 1.92. The third-order valence-electron chi connectivity index (χ3n) is 2.92. The van der Waals surface area contributed by atoms with Gasteiger partial charge in [0.1, 0.15) is 11.5 Å². The van der Waals surface area contributed by atoms with Crippen LogP contribution in [0.15, 0.2) is 23.6 Å². The predicted molar refractivity (Wildman–Crippen MR) is 87.0 cm³/mol. The second-order valence-corrected chi connectivity index (χ2v) is 5.74. The largest absolute Gasteiger partial charge is 0.497 e. The smallest absolute Gasteiger partial charge is 0.257 e. The highest BCUT2D eigenvalue weighted by atomic mass is 32.1. The number of anilines is 1. The second kappa shape index (κ2) is 7.24. The van der Waals surface area contributed by atoms with E-state index in [9.17, 15) is 4.79 Å². The summed E-state index contributed by atoms with van der Waals surface area (Å²) in [6.07, 6.45) is 0.680. The van der Waals surface area contributed by atoms with E-state index in [2.05, 4.69) is 10.3 Å². The van der Waals surface area contributed by atoms with Gasteiger partial charge in [0.25, 0.3) is 5.91 Å². The molecule has 0 aliphatic carbocycles. The molecule has 1 unspecified atom stereocenters. The fourth-order valence-electron chi connectivity index (χ4n) is 1.90. The highest BCUT2D eigenvalue weighted by Gasteiger charge is 2.12. The number of benzene rings is 1. The fraction of sp³-hybridized carbons (Fsp3) is 0.333. The Bertz CT molecular complexity index is 633.